The molecule has 0 unspecified atom stereocenters. The van der Waals surface area contributed by atoms with E-state index in [0.29, 0.717) is 11.5 Å². The summed E-state index contributed by atoms with van der Waals surface area (Å²) in [6.45, 7) is 16.3. The highest BCUT2D eigenvalue weighted by atomic mass is 28.4. The molecule has 0 spiro atoms. The first-order valence-corrected chi connectivity index (χ1v) is 12.4. The van der Waals surface area contributed by atoms with Crippen LogP contribution in [0.4, 0.5) is 0 Å². The molecule has 0 aliphatic carbocycles. The van der Waals surface area contributed by atoms with Gasteiger partial charge in [0.2, 0.25) is 0 Å². The maximum atomic E-state index is 10.6. The van der Waals surface area contributed by atoms with Gasteiger partial charge in [-0.3, -0.25) is 0 Å². The molecule has 1 saturated heterocycles. The molecule has 1 aromatic rings. The summed E-state index contributed by atoms with van der Waals surface area (Å²) in [5.74, 6) is 1.35. The fourth-order valence-corrected chi connectivity index (χ4v) is 3.65. The number of hydrogen-bond acceptors (Lipinski definition) is 5. The fraction of sp³-hybridized carbons (Fsp3) is 0.700. The predicted octanol–water partition coefficient (Wildman–Crippen LogP) is 3.52. The fourth-order valence-electron chi connectivity index (χ4n) is 3.02. The highest BCUT2D eigenvalue weighted by molar-refractivity contribution is 6.72. The molecule has 1 aliphatic rings. The van der Waals surface area contributed by atoms with E-state index in [4.69, 9.17) is 18.8 Å². The second-order valence-electron chi connectivity index (χ2n) is 9.62. The molecule has 0 amide bonds. The zero-order valence-electron chi connectivity index (χ0n) is 18.5. The van der Waals surface area contributed by atoms with Crippen LogP contribution in [0.15, 0.2) is 12.1 Å². The Labute approximate surface area is 165 Å². The monoisotopic (exact) mass is 394 g/mol. The highest BCUT2D eigenvalue weighted by Crippen LogP contribution is 2.41. The summed E-state index contributed by atoms with van der Waals surface area (Å²) < 4.78 is 23.8. The summed E-state index contributed by atoms with van der Waals surface area (Å²) >= 11 is 0. The molecule has 1 heterocycles. The topological polar surface area (TPSA) is 57.2 Å². The molecule has 0 aromatic heterocycles. The molecule has 0 bridgehead atoms. The Morgan fingerprint density at radius 3 is 1.74 bits per heavy atom. The number of methoxy groups -OCH3 is 2. The van der Waals surface area contributed by atoms with Crippen LogP contribution >= 0.6 is 0 Å². The van der Waals surface area contributed by atoms with Gasteiger partial charge in [-0.1, -0.05) is 13.8 Å². The van der Waals surface area contributed by atoms with Gasteiger partial charge in [0.15, 0.2) is 8.32 Å². The molecule has 5 nitrogen and oxygen atoms in total. The maximum absolute atomic E-state index is 10.6. The molecule has 0 saturated carbocycles. The molecule has 7 heteroatoms. The van der Waals surface area contributed by atoms with Gasteiger partial charge >= 0.3 is 7.12 Å². The third kappa shape index (κ3) is 4.21. The lowest BCUT2D eigenvalue weighted by Crippen LogP contribution is -2.41. The number of ether oxygens (including phenoxy) is 2. The zero-order chi connectivity index (χ0) is 20.8. The third-order valence-electron chi connectivity index (χ3n) is 6.39. The van der Waals surface area contributed by atoms with Crippen molar-refractivity contribution in [2.75, 3.05) is 14.2 Å². The average Bonchev–Trinajstić information content (AvgIpc) is 2.72. The van der Waals surface area contributed by atoms with Crippen LogP contribution in [0.1, 0.15) is 47.1 Å². The maximum Gasteiger partial charge on any atom is 0.502 e. The van der Waals surface area contributed by atoms with E-state index in [2.05, 4.69) is 13.8 Å². The number of rotatable bonds is 6. The molecule has 2 rings (SSSR count). The second kappa shape index (κ2) is 7.10. The van der Waals surface area contributed by atoms with Crippen molar-refractivity contribution in [3.8, 4) is 11.5 Å². The van der Waals surface area contributed by atoms with E-state index in [1.165, 1.54) is 0 Å². The molecule has 0 radical (unpaired) electrons. The second-order valence-corrected chi connectivity index (χ2v) is 14.1. The zero-order valence-corrected chi connectivity index (χ0v) is 19.5. The Morgan fingerprint density at radius 1 is 1.00 bits per heavy atom. The van der Waals surface area contributed by atoms with Crippen molar-refractivity contribution in [3.05, 3.63) is 17.7 Å². The first kappa shape index (κ1) is 22.3. The average molecular weight is 394 g/mol. The molecular formula is C20H35BO5Si. The van der Waals surface area contributed by atoms with Crippen molar-refractivity contribution in [3.63, 3.8) is 0 Å². The standard InChI is InChI=1S/C20H35BO5Si/c1-18(2,27(9,10)22)13-14-11-15(23-7)17(16(12-14)24-8)21-25-19(3,4)20(5,6)26-21/h11-12,22H,13H2,1-10H3. The predicted molar refractivity (Wildman–Crippen MR) is 113 cm³/mol. The van der Waals surface area contributed by atoms with E-state index in [9.17, 15) is 4.80 Å². The highest BCUT2D eigenvalue weighted by Gasteiger charge is 2.53. The van der Waals surface area contributed by atoms with Crippen LogP contribution in [-0.2, 0) is 15.7 Å². The van der Waals surface area contributed by atoms with Gasteiger partial charge in [-0.25, -0.2) is 0 Å². The van der Waals surface area contributed by atoms with Crippen LogP contribution in [0.3, 0.4) is 0 Å². The van der Waals surface area contributed by atoms with Gasteiger partial charge in [0.1, 0.15) is 11.5 Å². The van der Waals surface area contributed by atoms with E-state index in [1.807, 2.05) is 52.9 Å². The third-order valence-corrected chi connectivity index (χ3v) is 9.88. The van der Waals surface area contributed by atoms with Gasteiger partial charge in [-0.05, 0) is 69.9 Å². The smallest absolute Gasteiger partial charge is 0.497 e. The summed E-state index contributed by atoms with van der Waals surface area (Å²) in [4.78, 5) is 10.6. The molecule has 27 heavy (non-hydrogen) atoms. The Balaban J connectivity index is 2.47. The van der Waals surface area contributed by atoms with Crippen LogP contribution < -0.4 is 14.9 Å². The normalized spacial score (nSPS) is 19.3. The van der Waals surface area contributed by atoms with Crippen molar-refractivity contribution in [1.29, 1.82) is 0 Å². The number of benzene rings is 1. The van der Waals surface area contributed by atoms with Crippen molar-refractivity contribution in [2.45, 2.75) is 77.3 Å². The summed E-state index contributed by atoms with van der Waals surface area (Å²) in [7, 11) is 0.389. The minimum absolute atomic E-state index is 0.186. The summed E-state index contributed by atoms with van der Waals surface area (Å²) in [6.07, 6.45) is 0.735. The van der Waals surface area contributed by atoms with E-state index in [-0.39, 0.29) is 5.04 Å². The van der Waals surface area contributed by atoms with E-state index >= 15 is 0 Å². The SMILES string of the molecule is COc1cc(CC(C)(C)[Si](C)(C)O)cc(OC)c1B1OC(C)(C)C(C)(C)O1. The molecule has 1 aliphatic heterocycles. The van der Waals surface area contributed by atoms with Crippen LogP contribution in [0.5, 0.6) is 11.5 Å². The minimum Gasteiger partial charge on any atom is -0.497 e. The van der Waals surface area contributed by atoms with Crippen molar-refractivity contribution in [1.82, 2.24) is 0 Å². The quantitative estimate of drug-likeness (QED) is 0.749. The van der Waals surface area contributed by atoms with Crippen molar-refractivity contribution >= 4 is 20.9 Å². The Hall–Kier alpha value is -1.02. The molecule has 1 fully saturated rings. The minimum atomic E-state index is -2.33. The van der Waals surface area contributed by atoms with Crippen LogP contribution in [0.2, 0.25) is 18.1 Å². The van der Waals surface area contributed by atoms with Gasteiger partial charge in [0, 0.05) is 0 Å². The first-order chi connectivity index (χ1) is 12.1. The lowest BCUT2D eigenvalue weighted by atomic mass is 9.76. The molecule has 152 valence electrons. The van der Waals surface area contributed by atoms with Gasteiger partial charge in [-0.15, -0.1) is 0 Å². The molecule has 0 atom stereocenters. The Kier molecular flexibility index (Phi) is 5.86. The van der Waals surface area contributed by atoms with E-state index in [1.54, 1.807) is 14.2 Å². The van der Waals surface area contributed by atoms with Crippen LogP contribution in [0, 0.1) is 0 Å². The van der Waals surface area contributed by atoms with Gasteiger partial charge < -0.3 is 23.6 Å². The lowest BCUT2D eigenvalue weighted by Gasteiger charge is -2.35. The van der Waals surface area contributed by atoms with Gasteiger partial charge in [0.25, 0.3) is 0 Å². The summed E-state index contributed by atoms with van der Waals surface area (Å²) in [6, 6.07) is 4.01. The van der Waals surface area contributed by atoms with E-state index in [0.717, 1.165) is 17.4 Å². The lowest BCUT2D eigenvalue weighted by molar-refractivity contribution is 0.00578. The summed E-state index contributed by atoms with van der Waals surface area (Å²) in [5, 5.41) is -0.186. The van der Waals surface area contributed by atoms with Crippen LogP contribution in [0.25, 0.3) is 0 Å². The Bertz CT molecular complexity index is 653. The summed E-state index contributed by atoms with van der Waals surface area (Å²) in [5.41, 5.74) is 0.936. The first-order valence-electron chi connectivity index (χ1n) is 9.48. The largest absolute Gasteiger partial charge is 0.502 e. The van der Waals surface area contributed by atoms with Gasteiger partial charge in [-0.2, -0.15) is 0 Å². The molecule has 1 N–H and O–H groups in total. The molecule has 1 aromatic carbocycles. The number of hydrogen-bond donors (Lipinski definition) is 1. The van der Waals surface area contributed by atoms with Gasteiger partial charge in [0.05, 0.1) is 30.9 Å². The van der Waals surface area contributed by atoms with Crippen molar-refractivity contribution in [2.24, 2.45) is 0 Å². The van der Waals surface area contributed by atoms with Crippen molar-refractivity contribution < 1.29 is 23.6 Å². The molecular weight excluding hydrogens is 359 g/mol. The van der Waals surface area contributed by atoms with Crippen LogP contribution in [-0.4, -0.2) is 45.7 Å². The Morgan fingerprint density at radius 2 is 1.41 bits per heavy atom. The van der Waals surface area contributed by atoms with E-state index < -0.39 is 26.6 Å².